The lowest BCUT2D eigenvalue weighted by atomic mass is 10.1. The number of fused-ring (bicyclic) bond motifs is 1. The van der Waals surface area contributed by atoms with Crippen molar-refractivity contribution in [2.75, 3.05) is 26.7 Å². The van der Waals surface area contributed by atoms with E-state index in [-0.39, 0.29) is 5.69 Å². The van der Waals surface area contributed by atoms with Crippen molar-refractivity contribution in [3.8, 4) is 17.0 Å². The standard InChI is InChI=1S/C25H30BrN3O2/c1-4-15-28(2)16-7-5-6-8-17-31-21-13-14-23-22(18-21)24(27-25(30)29(23)3)19-9-11-20(26)12-10-19/h4,9-14,18H,1,5-8,15-17H2,2-3H3. The van der Waals surface area contributed by atoms with Gasteiger partial charge in [-0.15, -0.1) is 6.58 Å². The highest BCUT2D eigenvalue weighted by atomic mass is 79.9. The fourth-order valence-corrected chi connectivity index (χ4v) is 3.85. The second kappa shape index (κ2) is 11.3. The first kappa shape index (κ1) is 23.2. The summed E-state index contributed by atoms with van der Waals surface area (Å²) in [5.41, 5.74) is 2.16. The first-order valence-electron chi connectivity index (χ1n) is 10.7. The van der Waals surface area contributed by atoms with Crippen LogP contribution in [-0.2, 0) is 7.05 Å². The number of unbranched alkanes of at least 4 members (excludes halogenated alkanes) is 3. The Labute approximate surface area is 192 Å². The summed E-state index contributed by atoms with van der Waals surface area (Å²) in [5.74, 6) is 0.803. The van der Waals surface area contributed by atoms with Crippen LogP contribution in [0.4, 0.5) is 0 Å². The molecule has 2 aromatic carbocycles. The predicted octanol–water partition coefficient (Wildman–Crippen LogP) is 5.42. The lowest BCUT2D eigenvalue weighted by molar-refractivity contribution is 0.300. The molecule has 1 heterocycles. The van der Waals surface area contributed by atoms with Gasteiger partial charge in [0, 0.05) is 29.0 Å². The van der Waals surface area contributed by atoms with Crippen LogP contribution in [0.25, 0.3) is 22.2 Å². The van der Waals surface area contributed by atoms with E-state index in [1.165, 1.54) is 12.8 Å². The van der Waals surface area contributed by atoms with E-state index in [0.29, 0.717) is 12.3 Å². The van der Waals surface area contributed by atoms with E-state index in [4.69, 9.17) is 4.74 Å². The van der Waals surface area contributed by atoms with Crippen LogP contribution >= 0.6 is 15.9 Å². The maximum Gasteiger partial charge on any atom is 0.348 e. The van der Waals surface area contributed by atoms with Crippen molar-refractivity contribution >= 4 is 26.8 Å². The zero-order chi connectivity index (χ0) is 22.2. The second-order valence-corrected chi connectivity index (χ2v) is 8.72. The molecule has 0 unspecified atom stereocenters. The lowest BCUT2D eigenvalue weighted by Gasteiger charge is -2.14. The summed E-state index contributed by atoms with van der Waals surface area (Å²) < 4.78 is 8.58. The molecule has 164 valence electrons. The van der Waals surface area contributed by atoms with Crippen LogP contribution in [-0.4, -0.2) is 41.2 Å². The maximum absolute atomic E-state index is 12.4. The van der Waals surface area contributed by atoms with Crippen molar-refractivity contribution in [3.63, 3.8) is 0 Å². The van der Waals surface area contributed by atoms with Crippen LogP contribution < -0.4 is 10.4 Å². The molecule has 0 aliphatic heterocycles. The van der Waals surface area contributed by atoms with Crippen molar-refractivity contribution < 1.29 is 4.74 Å². The molecule has 0 spiro atoms. The molecule has 0 fully saturated rings. The number of ether oxygens (including phenoxy) is 1. The molecule has 3 rings (SSSR count). The molecule has 5 nitrogen and oxygen atoms in total. The molecule has 0 radical (unpaired) electrons. The quantitative estimate of drug-likeness (QED) is 0.269. The molecule has 0 aliphatic rings. The molecule has 0 N–H and O–H groups in total. The van der Waals surface area contributed by atoms with E-state index in [1.807, 2.05) is 48.5 Å². The van der Waals surface area contributed by atoms with E-state index in [9.17, 15) is 4.79 Å². The van der Waals surface area contributed by atoms with E-state index in [2.05, 4.69) is 39.4 Å². The van der Waals surface area contributed by atoms with Crippen LogP contribution in [0.15, 0.2) is 64.4 Å². The monoisotopic (exact) mass is 483 g/mol. The number of likely N-dealkylation sites (N-methyl/N-ethyl adjacent to an activating group) is 1. The Bertz CT molecular complexity index is 1080. The van der Waals surface area contributed by atoms with Gasteiger partial charge in [0.1, 0.15) is 5.75 Å². The second-order valence-electron chi connectivity index (χ2n) is 7.80. The molecule has 3 aromatic rings. The van der Waals surface area contributed by atoms with Crippen LogP contribution in [0.2, 0.25) is 0 Å². The van der Waals surface area contributed by atoms with Crippen molar-refractivity contribution in [1.82, 2.24) is 14.5 Å². The molecule has 0 bridgehead atoms. The lowest BCUT2D eigenvalue weighted by Crippen LogP contribution is -2.21. The van der Waals surface area contributed by atoms with Crippen LogP contribution in [0.5, 0.6) is 5.75 Å². The highest BCUT2D eigenvalue weighted by molar-refractivity contribution is 9.10. The summed E-state index contributed by atoms with van der Waals surface area (Å²) in [6.07, 6.45) is 6.50. The fraction of sp³-hybridized carbons (Fsp3) is 0.360. The Kier molecular flexibility index (Phi) is 8.43. The van der Waals surface area contributed by atoms with E-state index in [0.717, 1.165) is 52.6 Å². The fourth-order valence-electron chi connectivity index (χ4n) is 3.59. The average Bonchev–Trinajstić information content (AvgIpc) is 2.76. The average molecular weight is 484 g/mol. The number of aryl methyl sites for hydroxylation is 1. The van der Waals surface area contributed by atoms with Gasteiger partial charge in [0.15, 0.2) is 0 Å². The van der Waals surface area contributed by atoms with E-state index < -0.39 is 0 Å². The van der Waals surface area contributed by atoms with Crippen molar-refractivity contribution in [2.24, 2.45) is 7.05 Å². The normalized spacial score (nSPS) is 11.2. The molecule has 0 atom stereocenters. The Morgan fingerprint density at radius 2 is 1.87 bits per heavy atom. The molecule has 0 saturated carbocycles. The number of halogens is 1. The highest BCUT2D eigenvalue weighted by Gasteiger charge is 2.12. The van der Waals surface area contributed by atoms with Gasteiger partial charge in [-0.2, -0.15) is 4.98 Å². The van der Waals surface area contributed by atoms with Gasteiger partial charge in [-0.25, -0.2) is 4.79 Å². The number of benzene rings is 2. The van der Waals surface area contributed by atoms with Gasteiger partial charge in [0.2, 0.25) is 0 Å². The minimum absolute atomic E-state index is 0.266. The predicted molar refractivity (Wildman–Crippen MR) is 132 cm³/mol. The Hall–Kier alpha value is -2.44. The summed E-state index contributed by atoms with van der Waals surface area (Å²) >= 11 is 3.46. The van der Waals surface area contributed by atoms with E-state index >= 15 is 0 Å². The minimum Gasteiger partial charge on any atom is -0.494 e. The number of nitrogens with zero attached hydrogens (tertiary/aromatic N) is 3. The van der Waals surface area contributed by atoms with E-state index in [1.54, 1.807) is 11.6 Å². The number of rotatable bonds is 11. The van der Waals surface area contributed by atoms with Gasteiger partial charge in [-0.1, -0.05) is 47.0 Å². The van der Waals surface area contributed by atoms with Crippen LogP contribution in [0, 0.1) is 0 Å². The summed E-state index contributed by atoms with van der Waals surface area (Å²) in [5, 5.41) is 0.909. The van der Waals surface area contributed by atoms with Gasteiger partial charge in [-0.05, 0) is 56.8 Å². The summed E-state index contributed by atoms with van der Waals surface area (Å²) in [6.45, 7) is 6.49. The van der Waals surface area contributed by atoms with Gasteiger partial charge >= 0.3 is 5.69 Å². The van der Waals surface area contributed by atoms with Crippen molar-refractivity contribution in [1.29, 1.82) is 0 Å². The minimum atomic E-state index is -0.266. The van der Waals surface area contributed by atoms with Gasteiger partial charge in [0.05, 0.1) is 17.8 Å². The Morgan fingerprint density at radius 1 is 1.13 bits per heavy atom. The Morgan fingerprint density at radius 3 is 2.61 bits per heavy atom. The zero-order valence-electron chi connectivity index (χ0n) is 18.3. The van der Waals surface area contributed by atoms with Crippen molar-refractivity contribution in [3.05, 3.63) is 70.1 Å². The third kappa shape index (κ3) is 6.28. The highest BCUT2D eigenvalue weighted by Crippen LogP contribution is 2.29. The zero-order valence-corrected chi connectivity index (χ0v) is 19.9. The molecule has 31 heavy (non-hydrogen) atoms. The third-order valence-corrected chi connectivity index (χ3v) is 5.87. The maximum atomic E-state index is 12.4. The van der Waals surface area contributed by atoms with Crippen molar-refractivity contribution in [2.45, 2.75) is 25.7 Å². The van der Waals surface area contributed by atoms with Crippen LogP contribution in [0.1, 0.15) is 25.7 Å². The van der Waals surface area contributed by atoms with Crippen LogP contribution in [0.3, 0.4) is 0 Å². The summed E-state index contributed by atoms with van der Waals surface area (Å²) in [7, 11) is 3.87. The largest absolute Gasteiger partial charge is 0.494 e. The molecular weight excluding hydrogens is 454 g/mol. The van der Waals surface area contributed by atoms with Gasteiger partial charge in [-0.3, -0.25) is 4.57 Å². The number of aromatic nitrogens is 2. The topological polar surface area (TPSA) is 47.4 Å². The smallest absolute Gasteiger partial charge is 0.348 e. The SMILES string of the molecule is C=CCN(C)CCCCCCOc1ccc2c(c1)c(-c1ccc(Br)cc1)nc(=O)n2C. The molecule has 6 heteroatoms. The molecule has 0 aliphatic carbocycles. The molecule has 0 saturated heterocycles. The first-order chi connectivity index (χ1) is 15.0. The third-order valence-electron chi connectivity index (χ3n) is 5.34. The van der Waals surface area contributed by atoms with Gasteiger partial charge in [0.25, 0.3) is 0 Å². The van der Waals surface area contributed by atoms with Gasteiger partial charge < -0.3 is 9.64 Å². The Balaban J connectivity index is 1.66. The first-order valence-corrected chi connectivity index (χ1v) is 11.5. The molecule has 0 amide bonds. The summed E-state index contributed by atoms with van der Waals surface area (Å²) in [6, 6.07) is 13.7. The molecule has 1 aromatic heterocycles. The summed E-state index contributed by atoms with van der Waals surface area (Å²) in [4.78, 5) is 19.0. The molecular formula is C25H30BrN3O2. The number of hydrogen-bond acceptors (Lipinski definition) is 4. The number of hydrogen-bond donors (Lipinski definition) is 0.